The zero-order valence-corrected chi connectivity index (χ0v) is 16.0. The first-order valence-electron chi connectivity index (χ1n) is 10.3. The lowest BCUT2D eigenvalue weighted by atomic mass is 9.87. The van der Waals surface area contributed by atoms with Gasteiger partial charge in [-0.05, 0) is 47.7 Å². The minimum atomic E-state index is 0.291. The third-order valence-corrected chi connectivity index (χ3v) is 5.91. The van der Waals surface area contributed by atoms with Gasteiger partial charge in [0.15, 0.2) is 11.5 Å². The van der Waals surface area contributed by atoms with Crippen LogP contribution in [0.1, 0.15) is 38.5 Å². The number of benzene rings is 2. The summed E-state index contributed by atoms with van der Waals surface area (Å²) in [5, 5.41) is 4.62. The molecule has 28 heavy (non-hydrogen) atoms. The Kier molecular flexibility index (Phi) is 4.73. The number of aromatic nitrogens is 2. The number of nitrogens with zero attached hydrogens (tertiary/aromatic N) is 2. The first kappa shape index (κ1) is 17.3. The van der Waals surface area contributed by atoms with Gasteiger partial charge in [0.1, 0.15) is 12.1 Å². The van der Waals surface area contributed by atoms with Crippen LogP contribution in [0.2, 0.25) is 0 Å². The minimum Gasteiger partial charge on any atom is -0.454 e. The van der Waals surface area contributed by atoms with Gasteiger partial charge in [0.2, 0.25) is 6.79 Å². The van der Waals surface area contributed by atoms with Crippen molar-refractivity contribution in [3.05, 3.63) is 42.7 Å². The molecule has 0 unspecified atom stereocenters. The van der Waals surface area contributed by atoms with Gasteiger partial charge in [0.05, 0.1) is 5.52 Å². The Labute approximate surface area is 165 Å². The second-order valence-corrected chi connectivity index (χ2v) is 7.74. The smallest absolute Gasteiger partial charge is 0.231 e. The Morgan fingerprint density at radius 2 is 1.71 bits per heavy atom. The van der Waals surface area contributed by atoms with Gasteiger partial charge in [0, 0.05) is 11.9 Å². The molecule has 0 bridgehead atoms. The summed E-state index contributed by atoms with van der Waals surface area (Å²) in [6.45, 7) is 1.25. The Morgan fingerprint density at radius 1 is 0.893 bits per heavy atom. The molecule has 144 valence electrons. The van der Waals surface area contributed by atoms with Gasteiger partial charge >= 0.3 is 0 Å². The predicted octanol–water partition coefficient (Wildman–Crippen LogP) is 5.41. The van der Waals surface area contributed by atoms with Gasteiger partial charge in [-0.3, -0.25) is 0 Å². The number of hydrogen-bond donors (Lipinski definition) is 1. The topological polar surface area (TPSA) is 56.3 Å². The molecular weight excluding hydrogens is 350 g/mol. The number of rotatable bonds is 5. The van der Waals surface area contributed by atoms with E-state index in [1.54, 1.807) is 6.33 Å². The lowest BCUT2D eigenvalue weighted by molar-refractivity contribution is 0.174. The average Bonchev–Trinajstić information content (AvgIpc) is 3.22. The molecule has 1 saturated carbocycles. The van der Waals surface area contributed by atoms with E-state index in [4.69, 9.17) is 9.47 Å². The first-order chi connectivity index (χ1) is 13.9. The maximum absolute atomic E-state index is 5.52. The van der Waals surface area contributed by atoms with Gasteiger partial charge in [-0.15, -0.1) is 0 Å². The summed E-state index contributed by atoms with van der Waals surface area (Å²) in [6, 6.07) is 12.4. The van der Waals surface area contributed by atoms with Gasteiger partial charge in [-0.2, -0.15) is 0 Å². The van der Waals surface area contributed by atoms with Crippen LogP contribution >= 0.6 is 0 Å². The highest BCUT2D eigenvalue weighted by atomic mass is 16.7. The van der Waals surface area contributed by atoms with Crippen molar-refractivity contribution >= 4 is 16.7 Å². The Morgan fingerprint density at radius 3 is 2.64 bits per heavy atom. The van der Waals surface area contributed by atoms with E-state index >= 15 is 0 Å². The van der Waals surface area contributed by atoms with Crippen molar-refractivity contribution in [1.29, 1.82) is 0 Å². The normalized spacial score (nSPS) is 16.4. The molecule has 2 aliphatic rings. The number of fused-ring (bicyclic) bond motifs is 2. The largest absolute Gasteiger partial charge is 0.454 e. The van der Waals surface area contributed by atoms with Crippen LogP contribution in [0.3, 0.4) is 0 Å². The number of nitrogens with one attached hydrogen (secondary N) is 1. The van der Waals surface area contributed by atoms with E-state index in [9.17, 15) is 0 Å². The standard InChI is InChI=1S/C23H25N3O2/c1-2-4-16(5-3-1)10-11-24-23-19-12-17(6-8-20(19)25-14-26-23)18-7-9-21-22(13-18)28-15-27-21/h6-9,12-14,16H,1-5,10-11,15H2,(H,24,25,26). The fourth-order valence-electron chi connectivity index (χ4n) is 4.32. The van der Waals surface area contributed by atoms with E-state index < -0.39 is 0 Å². The fourth-order valence-corrected chi connectivity index (χ4v) is 4.32. The van der Waals surface area contributed by atoms with E-state index in [0.717, 1.165) is 51.8 Å². The third-order valence-electron chi connectivity index (χ3n) is 5.91. The van der Waals surface area contributed by atoms with Crippen LogP contribution in [0, 0.1) is 5.92 Å². The molecule has 5 heteroatoms. The predicted molar refractivity (Wildman–Crippen MR) is 111 cm³/mol. The molecule has 1 aliphatic heterocycles. The second-order valence-electron chi connectivity index (χ2n) is 7.74. The number of hydrogen-bond acceptors (Lipinski definition) is 5. The molecule has 1 aromatic heterocycles. The fraction of sp³-hybridized carbons (Fsp3) is 0.391. The highest BCUT2D eigenvalue weighted by Crippen LogP contribution is 2.37. The summed E-state index contributed by atoms with van der Waals surface area (Å²) in [5.41, 5.74) is 3.18. The van der Waals surface area contributed by atoms with Crippen LogP contribution < -0.4 is 14.8 Å². The average molecular weight is 375 g/mol. The summed E-state index contributed by atoms with van der Waals surface area (Å²) in [4.78, 5) is 8.95. The molecular formula is C23H25N3O2. The zero-order chi connectivity index (χ0) is 18.8. The van der Waals surface area contributed by atoms with E-state index in [2.05, 4.69) is 39.6 Å². The molecule has 2 aromatic carbocycles. The van der Waals surface area contributed by atoms with Crippen LogP contribution in [0.25, 0.3) is 22.0 Å². The molecule has 0 saturated heterocycles. The Balaban J connectivity index is 1.38. The molecule has 1 aliphatic carbocycles. The van der Waals surface area contributed by atoms with E-state index in [1.165, 1.54) is 38.5 Å². The molecule has 3 aromatic rings. The summed E-state index contributed by atoms with van der Waals surface area (Å²) >= 11 is 0. The molecule has 2 heterocycles. The third kappa shape index (κ3) is 3.49. The molecule has 0 radical (unpaired) electrons. The van der Waals surface area contributed by atoms with Crippen molar-refractivity contribution in [3.63, 3.8) is 0 Å². The molecule has 5 nitrogen and oxygen atoms in total. The van der Waals surface area contributed by atoms with Crippen LogP contribution in [0.4, 0.5) is 5.82 Å². The summed E-state index contributed by atoms with van der Waals surface area (Å²) in [7, 11) is 0. The molecule has 1 fully saturated rings. The Hall–Kier alpha value is -2.82. The van der Waals surface area contributed by atoms with Crippen molar-refractivity contribution in [2.24, 2.45) is 5.92 Å². The van der Waals surface area contributed by atoms with Crippen LogP contribution in [-0.4, -0.2) is 23.3 Å². The van der Waals surface area contributed by atoms with Crippen molar-refractivity contribution in [1.82, 2.24) is 9.97 Å². The van der Waals surface area contributed by atoms with Crippen LogP contribution in [0.15, 0.2) is 42.7 Å². The zero-order valence-electron chi connectivity index (χ0n) is 16.0. The number of anilines is 1. The van der Waals surface area contributed by atoms with Gasteiger partial charge in [-0.1, -0.05) is 44.2 Å². The van der Waals surface area contributed by atoms with Crippen molar-refractivity contribution in [2.75, 3.05) is 18.7 Å². The minimum absolute atomic E-state index is 0.291. The summed E-state index contributed by atoms with van der Waals surface area (Å²) < 4.78 is 10.9. The molecule has 1 N–H and O–H groups in total. The van der Waals surface area contributed by atoms with Gasteiger partial charge < -0.3 is 14.8 Å². The van der Waals surface area contributed by atoms with E-state index in [0.29, 0.717) is 6.79 Å². The maximum Gasteiger partial charge on any atom is 0.231 e. The van der Waals surface area contributed by atoms with Gasteiger partial charge in [-0.25, -0.2) is 9.97 Å². The quantitative estimate of drug-likeness (QED) is 0.646. The maximum atomic E-state index is 5.52. The lowest BCUT2D eigenvalue weighted by Crippen LogP contribution is -2.13. The summed E-state index contributed by atoms with van der Waals surface area (Å²) in [5.74, 6) is 3.38. The highest BCUT2D eigenvalue weighted by molar-refractivity contribution is 5.92. The second kappa shape index (κ2) is 7.66. The van der Waals surface area contributed by atoms with E-state index in [-0.39, 0.29) is 0 Å². The molecule has 0 spiro atoms. The van der Waals surface area contributed by atoms with Crippen LogP contribution in [0.5, 0.6) is 11.5 Å². The van der Waals surface area contributed by atoms with E-state index in [1.807, 2.05) is 12.1 Å². The lowest BCUT2D eigenvalue weighted by Gasteiger charge is -2.21. The summed E-state index contributed by atoms with van der Waals surface area (Å²) in [6.07, 6.45) is 9.79. The van der Waals surface area contributed by atoms with Crippen molar-refractivity contribution in [2.45, 2.75) is 38.5 Å². The van der Waals surface area contributed by atoms with Crippen molar-refractivity contribution < 1.29 is 9.47 Å². The van der Waals surface area contributed by atoms with Gasteiger partial charge in [0.25, 0.3) is 0 Å². The highest BCUT2D eigenvalue weighted by Gasteiger charge is 2.15. The monoisotopic (exact) mass is 375 g/mol. The first-order valence-corrected chi connectivity index (χ1v) is 10.3. The van der Waals surface area contributed by atoms with Crippen LogP contribution in [-0.2, 0) is 0 Å². The number of ether oxygens (including phenoxy) is 2. The molecule has 5 rings (SSSR count). The molecule has 0 atom stereocenters. The Bertz CT molecular complexity index is 983. The molecule has 0 amide bonds. The SMILES string of the molecule is c1nc(NCCC2CCCCC2)c2cc(-c3ccc4c(c3)OCO4)ccc2n1. The van der Waals surface area contributed by atoms with Crippen molar-refractivity contribution in [3.8, 4) is 22.6 Å².